The Balaban J connectivity index is 2.01. The van der Waals surface area contributed by atoms with Gasteiger partial charge >= 0.3 is 0 Å². The van der Waals surface area contributed by atoms with Crippen molar-refractivity contribution < 1.29 is 0 Å². The molecule has 0 unspecified atom stereocenters. The monoisotopic (exact) mass is 215 g/mol. The van der Waals surface area contributed by atoms with Gasteiger partial charge in [0.2, 0.25) is 0 Å². The zero-order valence-electron chi connectivity index (χ0n) is 7.09. The Morgan fingerprint density at radius 2 is 2.54 bits per heavy atom. The normalized spacial score (nSPS) is 16.5. The molecule has 1 N–H and O–H groups in total. The van der Waals surface area contributed by atoms with Crippen molar-refractivity contribution >= 4 is 28.8 Å². The number of halogens is 1. The largest absolute Gasteiger partial charge is 0.373 e. The van der Waals surface area contributed by atoms with Gasteiger partial charge in [0.1, 0.15) is 5.84 Å². The fourth-order valence-electron chi connectivity index (χ4n) is 1.23. The van der Waals surface area contributed by atoms with Crippen LogP contribution in [0.1, 0.15) is 11.3 Å². The summed E-state index contributed by atoms with van der Waals surface area (Å²) in [5, 5.41) is 3.26. The zero-order valence-corrected chi connectivity index (χ0v) is 8.66. The van der Waals surface area contributed by atoms with Gasteiger partial charge in [0, 0.05) is 30.6 Å². The molecule has 1 aliphatic rings. The molecular formula is C8H10ClN3S. The quantitative estimate of drug-likeness (QED) is 0.816. The number of aromatic nitrogens is 1. The van der Waals surface area contributed by atoms with Crippen LogP contribution in [0, 0.1) is 0 Å². The summed E-state index contributed by atoms with van der Waals surface area (Å²) in [4.78, 5) is 9.52. The van der Waals surface area contributed by atoms with E-state index in [-0.39, 0.29) is 0 Å². The van der Waals surface area contributed by atoms with Crippen LogP contribution in [0.15, 0.2) is 11.2 Å². The first-order chi connectivity index (χ1) is 6.34. The highest BCUT2D eigenvalue weighted by molar-refractivity contribution is 7.15. The van der Waals surface area contributed by atoms with Gasteiger partial charge in [-0.15, -0.1) is 11.3 Å². The van der Waals surface area contributed by atoms with E-state index in [0.717, 1.165) is 36.6 Å². The number of rotatable bonds is 2. The van der Waals surface area contributed by atoms with Crippen LogP contribution < -0.4 is 5.32 Å². The fraction of sp³-hybridized carbons (Fsp3) is 0.500. The van der Waals surface area contributed by atoms with E-state index >= 15 is 0 Å². The van der Waals surface area contributed by atoms with Crippen LogP contribution in [-0.4, -0.2) is 23.9 Å². The number of hydrogen-bond acceptors (Lipinski definition) is 4. The highest BCUT2D eigenvalue weighted by Gasteiger charge is 2.07. The molecule has 2 rings (SSSR count). The molecule has 70 valence electrons. The van der Waals surface area contributed by atoms with Crippen molar-refractivity contribution in [2.75, 3.05) is 13.1 Å². The Morgan fingerprint density at radius 1 is 1.62 bits per heavy atom. The van der Waals surface area contributed by atoms with Crippen LogP contribution in [0.2, 0.25) is 4.47 Å². The maximum atomic E-state index is 5.73. The molecule has 0 fully saturated rings. The van der Waals surface area contributed by atoms with Gasteiger partial charge in [-0.25, -0.2) is 4.98 Å². The molecule has 3 nitrogen and oxygen atoms in total. The molecule has 0 spiro atoms. The molecule has 0 saturated carbocycles. The minimum Gasteiger partial charge on any atom is -0.373 e. The van der Waals surface area contributed by atoms with Crippen molar-refractivity contribution in [1.29, 1.82) is 0 Å². The number of nitrogens with zero attached hydrogens (tertiary/aromatic N) is 2. The smallest absolute Gasteiger partial charge is 0.183 e. The highest BCUT2D eigenvalue weighted by Crippen LogP contribution is 2.18. The van der Waals surface area contributed by atoms with Crippen molar-refractivity contribution in [3.05, 3.63) is 15.5 Å². The lowest BCUT2D eigenvalue weighted by atomic mass is 10.3. The lowest BCUT2D eigenvalue weighted by Gasteiger charge is -2.13. The zero-order chi connectivity index (χ0) is 9.10. The summed E-state index contributed by atoms with van der Waals surface area (Å²) in [6, 6.07) is 0. The van der Waals surface area contributed by atoms with Crippen LogP contribution in [0.5, 0.6) is 0 Å². The molecule has 0 aromatic carbocycles. The molecule has 5 heteroatoms. The van der Waals surface area contributed by atoms with Crippen LogP contribution in [0.3, 0.4) is 0 Å². The SMILES string of the molecule is Clc1ncc(CC2=NCCCN2)s1. The predicted octanol–water partition coefficient (Wildman–Crippen LogP) is 1.73. The minimum absolute atomic E-state index is 0.603. The van der Waals surface area contributed by atoms with Crippen LogP contribution in [0.4, 0.5) is 0 Å². The first-order valence-electron chi connectivity index (χ1n) is 4.22. The first kappa shape index (κ1) is 8.97. The second-order valence-electron chi connectivity index (χ2n) is 2.87. The van der Waals surface area contributed by atoms with E-state index in [1.807, 2.05) is 6.20 Å². The molecular weight excluding hydrogens is 206 g/mol. The Kier molecular flexibility index (Phi) is 2.80. The summed E-state index contributed by atoms with van der Waals surface area (Å²) < 4.78 is 0.603. The van der Waals surface area contributed by atoms with E-state index in [0.29, 0.717) is 4.47 Å². The van der Waals surface area contributed by atoms with Crippen molar-refractivity contribution in [2.45, 2.75) is 12.8 Å². The van der Waals surface area contributed by atoms with Crippen molar-refractivity contribution in [3.8, 4) is 0 Å². The lowest BCUT2D eigenvalue weighted by molar-refractivity contribution is 0.732. The van der Waals surface area contributed by atoms with Crippen LogP contribution in [0.25, 0.3) is 0 Å². The molecule has 2 heterocycles. The summed E-state index contributed by atoms with van der Waals surface area (Å²) in [7, 11) is 0. The molecule has 0 atom stereocenters. The maximum Gasteiger partial charge on any atom is 0.183 e. The first-order valence-corrected chi connectivity index (χ1v) is 5.41. The van der Waals surface area contributed by atoms with E-state index in [2.05, 4.69) is 15.3 Å². The van der Waals surface area contributed by atoms with Crippen molar-refractivity contribution in [2.24, 2.45) is 4.99 Å². The third-order valence-corrected chi connectivity index (χ3v) is 2.95. The van der Waals surface area contributed by atoms with Gasteiger partial charge in [0.25, 0.3) is 0 Å². The van der Waals surface area contributed by atoms with E-state index in [1.165, 1.54) is 11.3 Å². The summed E-state index contributed by atoms with van der Waals surface area (Å²) in [5.41, 5.74) is 0. The predicted molar refractivity (Wildman–Crippen MR) is 55.7 cm³/mol. The molecule has 1 aromatic rings. The van der Waals surface area contributed by atoms with Gasteiger partial charge in [0.05, 0.1) is 0 Å². The average molecular weight is 216 g/mol. The van der Waals surface area contributed by atoms with Crippen molar-refractivity contribution in [1.82, 2.24) is 10.3 Å². The summed E-state index contributed by atoms with van der Waals surface area (Å²) >= 11 is 7.24. The second-order valence-corrected chi connectivity index (χ2v) is 4.56. The van der Waals surface area contributed by atoms with Crippen LogP contribution in [-0.2, 0) is 6.42 Å². The molecule has 0 saturated heterocycles. The maximum absolute atomic E-state index is 5.73. The van der Waals surface area contributed by atoms with Crippen molar-refractivity contribution in [3.63, 3.8) is 0 Å². The topological polar surface area (TPSA) is 37.3 Å². The van der Waals surface area contributed by atoms with Gasteiger partial charge in [-0.3, -0.25) is 4.99 Å². The number of aliphatic imine (C=N–C) groups is 1. The Labute approximate surface area is 85.9 Å². The summed E-state index contributed by atoms with van der Waals surface area (Å²) in [6.07, 6.45) is 3.78. The van der Waals surface area contributed by atoms with Gasteiger partial charge in [0.15, 0.2) is 4.47 Å². The Morgan fingerprint density at radius 3 is 3.15 bits per heavy atom. The number of hydrogen-bond donors (Lipinski definition) is 1. The minimum atomic E-state index is 0.603. The molecule has 0 aliphatic carbocycles. The Hall–Kier alpha value is -0.610. The molecule has 1 aromatic heterocycles. The standard InChI is InChI=1S/C8H10ClN3S/c9-8-12-5-6(13-8)4-7-10-2-1-3-11-7/h5H,1-4H2,(H,10,11). The van der Waals surface area contributed by atoms with E-state index in [4.69, 9.17) is 11.6 Å². The summed E-state index contributed by atoms with van der Waals surface area (Å²) in [5.74, 6) is 1.06. The number of nitrogens with one attached hydrogen (secondary N) is 1. The highest BCUT2D eigenvalue weighted by atomic mass is 35.5. The molecule has 0 radical (unpaired) electrons. The molecule has 13 heavy (non-hydrogen) atoms. The average Bonchev–Trinajstić information content (AvgIpc) is 2.53. The number of amidine groups is 1. The van der Waals surface area contributed by atoms with Gasteiger partial charge in [-0.1, -0.05) is 11.6 Å². The van der Waals surface area contributed by atoms with Gasteiger partial charge < -0.3 is 5.32 Å². The van der Waals surface area contributed by atoms with E-state index in [1.54, 1.807) is 0 Å². The molecule has 0 amide bonds. The third-order valence-electron chi connectivity index (χ3n) is 1.83. The van der Waals surface area contributed by atoms with Crippen LogP contribution >= 0.6 is 22.9 Å². The fourth-order valence-corrected chi connectivity index (χ4v) is 2.21. The summed E-state index contributed by atoms with van der Waals surface area (Å²) in [6.45, 7) is 1.97. The van der Waals surface area contributed by atoms with E-state index in [9.17, 15) is 0 Å². The van der Waals surface area contributed by atoms with Gasteiger partial charge in [-0.2, -0.15) is 0 Å². The lowest BCUT2D eigenvalue weighted by Crippen LogP contribution is -2.30. The Bertz CT molecular complexity index is 321. The van der Waals surface area contributed by atoms with Gasteiger partial charge in [-0.05, 0) is 6.42 Å². The third kappa shape index (κ3) is 2.42. The molecule has 0 bridgehead atoms. The van der Waals surface area contributed by atoms with E-state index < -0.39 is 0 Å². The second kappa shape index (κ2) is 4.07. The number of thiazole rings is 1. The molecule has 1 aliphatic heterocycles.